The van der Waals surface area contributed by atoms with Gasteiger partial charge in [0, 0.05) is 42.3 Å². The van der Waals surface area contributed by atoms with E-state index in [0.29, 0.717) is 11.8 Å². The van der Waals surface area contributed by atoms with Gasteiger partial charge in [0.1, 0.15) is 5.75 Å². The van der Waals surface area contributed by atoms with E-state index < -0.39 is 0 Å². The van der Waals surface area contributed by atoms with E-state index in [4.69, 9.17) is 0 Å². The third kappa shape index (κ3) is 3.25. The van der Waals surface area contributed by atoms with Crippen molar-refractivity contribution in [2.75, 3.05) is 26.2 Å². The van der Waals surface area contributed by atoms with Gasteiger partial charge in [-0.25, -0.2) is 0 Å². The van der Waals surface area contributed by atoms with Crippen molar-refractivity contribution in [1.29, 1.82) is 0 Å². The maximum atomic E-state index is 10.1. The molecule has 0 unspecified atom stereocenters. The summed E-state index contributed by atoms with van der Waals surface area (Å²) >= 11 is 3.50. The van der Waals surface area contributed by atoms with Crippen LogP contribution >= 0.6 is 15.9 Å². The van der Waals surface area contributed by atoms with E-state index in [9.17, 15) is 5.11 Å². The Balaban J connectivity index is 2.24. The molecule has 0 radical (unpaired) electrons. The van der Waals surface area contributed by atoms with Gasteiger partial charge >= 0.3 is 0 Å². The zero-order chi connectivity index (χ0) is 13.0. The number of nitrogens with zero attached hydrogens (tertiary/aromatic N) is 1. The Kier molecular flexibility index (Phi) is 5.03. The molecule has 1 aliphatic rings. The van der Waals surface area contributed by atoms with Gasteiger partial charge in [-0.1, -0.05) is 29.3 Å². The first-order valence-electron chi connectivity index (χ1n) is 6.65. The van der Waals surface area contributed by atoms with E-state index in [1.54, 1.807) is 6.07 Å². The Bertz CT molecular complexity index is 391. The molecule has 0 aromatic heterocycles. The largest absolute Gasteiger partial charge is 0.508 e. The summed E-state index contributed by atoms with van der Waals surface area (Å²) in [4.78, 5) is 2.47. The lowest BCUT2D eigenvalue weighted by atomic mass is 9.99. The minimum atomic E-state index is 0.328. The molecule has 0 spiro atoms. The van der Waals surface area contributed by atoms with E-state index in [2.05, 4.69) is 39.1 Å². The van der Waals surface area contributed by atoms with Crippen LogP contribution in [0.5, 0.6) is 5.75 Å². The third-order valence-corrected chi connectivity index (χ3v) is 4.00. The monoisotopic (exact) mass is 312 g/mol. The van der Waals surface area contributed by atoms with Crippen LogP contribution in [0.3, 0.4) is 0 Å². The van der Waals surface area contributed by atoms with Gasteiger partial charge in [-0.05, 0) is 24.6 Å². The number of halogens is 1. The fourth-order valence-corrected chi connectivity index (χ4v) is 2.97. The zero-order valence-electron chi connectivity index (χ0n) is 10.8. The molecule has 1 atom stereocenters. The molecule has 4 heteroatoms. The SMILES string of the molecule is CCC[C@H](c1cc(Br)ccc1O)N1CCNCC1. The summed E-state index contributed by atoms with van der Waals surface area (Å²) in [5, 5.41) is 13.5. The summed E-state index contributed by atoms with van der Waals surface area (Å²) in [5.74, 6) is 0.412. The van der Waals surface area contributed by atoms with Crippen LogP contribution in [0.15, 0.2) is 22.7 Å². The highest BCUT2D eigenvalue weighted by Crippen LogP contribution is 2.34. The Morgan fingerprint density at radius 3 is 2.78 bits per heavy atom. The second-order valence-corrected chi connectivity index (χ2v) is 5.71. The highest BCUT2D eigenvalue weighted by Gasteiger charge is 2.23. The lowest BCUT2D eigenvalue weighted by Crippen LogP contribution is -2.45. The number of benzene rings is 1. The maximum Gasteiger partial charge on any atom is 0.120 e. The van der Waals surface area contributed by atoms with Crippen LogP contribution in [-0.4, -0.2) is 36.2 Å². The number of phenols is 1. The van der Waals surface area contributed by atoms with E-state index >= 15 is 0 Å². The van der Waals surface area contributed by atoms with Crippen molar-refractivity contribution in [2.45, 2.75) is 25.8 Å². The van der Waals surface area contributed by atoms with E-state index in [1.165, 1.54) is 0 Å². The highest BCUT2D eigenvalue weighted by atomic mass is 79.9. The lowest BCUT2D eigenvalue weighted by molar-refractivity contribution is 0.162. The summed E-state index contributed by atoms with van der Waals surface area (Å²) in [7, 11) is 0. The van der Waals surface area contributed by atoms with Crippen LogP contribution in [-0.2, 0) is 0 Å². The highest BCUT2D eigenvalue weighted by molar-refractivity contribution is 9.10. The molecule has 1 aromatic rings. The molecule has 1 fully saturated rings. The van der Waals surface area contributed by atoms with E-state index in [0.717, 1.165) is 49.1 Å². The summed E-state index contributed by atoms with van der Waals surface area (Å²) in [6, 6.07) is 6.05. The topological polar surface area (TPSA) is 35.5 Å². The molecular formula is C14H21BrN2O. The van der Waals surface area contributed by atoms with Crippen molar-refractivity contribution in [2.24, 2.45) is 0 Å². The van der Waals surface area contributed by atoms with Gasteiger partial charge in [0.15, 0.2) is 0 Å². The standard InChI is InChI=1S/C14H21BrN2O/c1-2-3-13(17-8-6-16-7-9-17)12-10-11(15)4-5-14(12)18/h4-5,10,13,16,18H,2-3,6-9H2,1H3/t13-/m1/s1. The summed E-state index contributed by atoms with van der Waals surface area (Å²) in [6.07, 6.45) is 2.21. The number of nitrogens with one attached hydrogen (secondary N) is 1. The molecule has 0 aliphatic carbocycles. The molecule has 0 saturated carbocycles. The Labute approximate surface area is 117 Å². The third-order valence-electron chi connectivity index (χ3n) is 3.50. The second kappa shape index (κ2) is 6.55. The molecule has 0 amide bonds. The van der Waals surface area contributed by atoms with Crippen molar-refractivity contribution in [3.8, 4) is 5.75 Å². The van der Waals surface area contributed by atoms with Crippen molar-refractivity contribution in [1.82, 2.24) is 10.2 Å². The molecule has 1 saturated heterocycles. The van der Waals surface area contributed by atoms with Gasteiger partial charge in [-0.15, -0.1) is 0 Å². The minimum absolute atomic E-state index is 0.328. The van der Waals surface area contributed by atoms with Crippen LogP contribution in [0.2, 0.25) is 0 Å². The molecule has 1 aliphatic heterocycles. The summed E-state index contributed by atoms with van der Waals surface area (Å²) in [5.41, 5.74) is 1.05. The molecule has 2 N–H and O–H groups in total. The van der Waals surface area contributed by atoms with Crippen LogP contribution in [0.25, 0.3) is 0 Å². The Morgan fingerprint density at radius 1 is 1.39 bits per heavy atom. The van der Waals surface area contributed by atoms with Gasteiger partial charge in [0.05, 0.1) is 0 Å². The average Bonchev–Trinajstić information content (AvgIpc) is 2.40. The van der Waals surface area contributed by atoms with Crippen molar-refractivity contribution >= 4 is 15.9 Å². The van der Waals surface area contributed by atoms with Crippen LogP contribution in [0.1, 0.15) is 31.4 Å². The predicted molar refractivity (Wildman–Crippen MR) is 77.9 cm³/mol. The van der Waals surface area contributed by atoms with Gasteiger partial charge < -0.3 is 10.4 Å². The second-order valence-electron chi connectivity index (χ2n) is 4.79. The number of rotatable bonds is 4. The molecule has 1 aromatic carbocycles. The Hall–Kier alpha value is -0.580. The van der Waals surface area contributed by atoms with Crippen molar-refractivity contribution in [3.63, 3.8) is 0 Å². The molecule has 1 heterocycles. The first-order chi connectivity index (χ1) is 8.72. The van der Waals surface area contributed by atoms with E-state index in [-0.39, 0.29) is 0 Å². The van der Waals surface area contributed by atoms with Gasteiger partial charge in [-0.2, -0.15) is 0 Å². The number of hydrogen-bond acceptors (Lipinski definition) is 3. The molecule has 0 bridgehead atoms. The zero-order valence-corrected chi connectivity index (χ0v) is 12.4. The maximum absolute atomic E-state index is 10.1. The van der Waals surface area contributed by atoms with Crippen LogP contribution in [0, 0.1) is 0 Å². The Morgan fingerprint density at radius 2 is 2.11 bits per heavy atom. The number of phenolic OH excluding ortho intramolecular Hbond substituents is 1. The summed E-state index contributed by atoms with van der Waals surface area (Å²) in [6.45, 7) is 6.38. The van der Waals surface area contributed by atoms with Crippen molar-refractivity contribution in [3.05, 3.63) is 28.2 Å². The lowest BCUT2D eigenvalue weighted by Gasteiger charge is -2.35. The fraction of sp³-hybridized carbons (Fsp3) is 0.571. The molecule has 18 heavy (non-hydrogen) atoms. The first-order valence-corrected chi connectivity index (χ1v) is 7.45. The smallest absolute Gasteiger partial charge is 0.120 e. The van der Waals surface area contributed by atoms with Crippen LogP contribution < -0.4 is 5.32 Å². The first kappa shape index (κ1) is 13.8. The minimum Gasteiger partial charge on any atom is -0.508 e. The van der Waals surface area contributed by atoms with Gasteiger partial charge in [0.2, 0.25) is 0 Å². The quantitative estimate of drug-likeness (QED) is 0.897. The molecule has 2 rings (SSSR count). The number of hydrogen-bond donors (Lipinski definition) is 2. The average molecular weight is 313 g/mol. The van der Waals surface area contributed by atoms with E-state index in [1.807, 2.05) is 6.07 Å². The van der Waals surface area contributed by atoms with Crippen molar-refractivity contribution < 1.29 is 5.11 Å². The fourth-order valence-electron chi connectivity index (χ4n) is 2.59. The van der Waals surface area contributed by atoms with Gasteiger partial charge in [0.25, 0.3) is 0 Å². The predicted octanol–water partition coefficient (Wildman–Crippen LogP) is 2.90. The summed E-state index contributed by atoms with van der Waals surface area (Å²) < 4.78 is 1.03. The molecule has 3 nitrogen and oxygen atoms in total. The molecular weight excluding hydrogens is 292 g/mol. The number of aromatic hydroxyl groups is 1. The molecule has 100 valence electrons. The van der Waals surface area contributed by atoms with Crippen LogP contribution in [0.4, 0.5) is 0 Å². The normalized spacial score (nSPS) is 18.8. The van der Waals surface area contributed by atoms with Gasteiger partial charge in [-0.3, -0.25) is 4.90 Å². The number of piperazine rings is 1.